The third-order valence-electron chi connectivity index (χ3n) is 2.79. The monoisotopic (exact) mass is 299 g/mol. The van der Waals surface area contributed by atoms with Gasteiger partial charge < -0.3 is 9.47 Å². The molecule has 114 valence electrons. The third kappa shape index (κ3) is 4.05. The van der Waals surface area contributed by atoms with Gasteiger partial charge in [0.1, 0.15) is 0 Å². The Balaban J connectivity index is 2.02. The summed E-state index contributed by atoms with van der Waals surface area (Å²) in [7, 11) is 1.57. The topological polar surface area (TPSA) is 72.8 Å². The van der Waals surface area contributed by atoms with E-state index in [1.165, 1.54) is 12.4 Å². The maximum absolute atomic E-state index is 11.8. The number of nitrogens with zero attached hydrogens (tertiary/aromatic N) is 2. The van der Waals surface area contributed by atoms with Crippen LogP contribution in [-0.4, -0.2) is 30.8 Å². The van der Waals surface area contributed by atoms with Gasteiger partial charge in [-0.25, -0.2) is 5.43 Å². The summed E-state index contributed by atoms with van der Waals surface area (Å²) in [6.45, 7) is 2.47. The lowest BCUT2D eigenvalue weighted by atomic mass is 10.2. The Bertz CT molecular complexity index is 657. The Morgan fingerprint density at radius 2 is 2.23 bits per heavy atom. The van der Waals surface area contributed by atoms with Gasteiger partial charge >= 0.3 is 0 Å². The highest BCUT2D eigenvalue weighted by molar-refractivity contribution is 5.94. The van der Waals surface area contributed by atoms with E-state index in [-0.39, 0.29) is 5.91 Å². The minimum Gasteiger partial charge on any atom is -0.493 e. The molecule has 0 atom stereocenters. The molecular formula is C16H17N3O3. The van der Waals surface area contributed by atoms with Crippen LogP contribution in [0.2, 0.25) is 0 Å². The summed E-state index contributed by atoms with van der Waals surface area (Å²) in [6.07, 6.45) is 4.61. The van der Waals surface area contributed by atoms with Crippen LogP contribution in [-0.2, 0) is 0 Å². The number of benzene rings is 1. The number of ether oxygens (including phenoxy) is 2. The zero-order chi connectivity index (χ0) is 15.8. The van der Waals surface area contributed by atoms with E-state index in [9.17, 15) is 4.79 Å². The molecule has 6 nitrogen and oxygen atoms in total. The van der Waals surface area contributed by atoms with Crippen molar-refractivity contribution >= 4 is 12.1 Å². The fraction of sp³-hybridized carbons (Fsp3) is 0.188. The van der Waals surface area contributed by atoms with Crippen LogP contribution >= 0.6 is 0 Å². The molecule has 0 bridgehead atoms. The Labute approximate surface area is 128 Å². The van der Waals surface area contributed by atoms with Gasteiger partial charge in [-0.1, -0.05) is 0 Å². The highest BCUT2D eigenvalue weighted by Crippen LogP contribution is 2.27. The van der Waals surface area contributed by atoms with E-state index in [0.717, 1.165) is 5.56 Å². The zero-order valence-electron chi connectivity index (χ0n) is 12.4. The van der Waals surface area contributed by atoms with Crippen LogP contribution < -0.4 is 14.9 Å². The van der Waals surface area contributed by atoms with Crippen LogP contribution in [0.25, 0.3) is 0 Å². The number of amides is 1. The lowest BCUT2D eigenvalue weighted by Crippen LogP contribution is -2.17. The van der Waals surface area contributed by atoms with Gasteiger partial charge in [0.05, 0.1) is 25.5 Å². The second-order valence-corrected chi connectivity index (χ2v) is 4.28. The summed E-state index contributed by atoms with van der Waals surface area (Å²) in [4.78, 5) is 15.7. The minimum absolute atomic E-state index is 0.317. The maximum Gasteiger partial charge on any atom is 0.272 e. The first-order valence-electron chi connectivity index (χ1n) is 6.79. The summed E-state index contributed by atoms with van der Waals surface area (Å²) < 4.78 is 10.7. The standard InChI is InChI=1S/C16H17N3O3/c1-3-22-14-7-6-12(9-15(14)21-2)10-18-19-16(20)13-5-4-8-17-11-13/h4-11H,3H2,1-2H3,(H,19,20)/b18-10-. The van der Waals surface area contributed by atoms with E-state index < -0.39 is 0 Å². The normalized spacial score (nSPS) is 10.5. The van der Waals surface area contributed by atoms with Gasteiger partial charge in [-0.3, -0.25) is 9.78 Å². The Kier molecular flexibility index (Phi) is 5.48. The summed E-state index contributed by atoms with van der Waals surface area (Å²) in [5.74, 6) is 0.966. The highest BCUT2D eigenvalue weighted by Gasteiger charge is 2.05. The largest absolute Gasteiger partial charge is 0.493 e. The van der Waals surface area contributed by atoms with Crippen molar-refractivity contribution in [1.82, 2.24) is 10.4 Å². The average Bonchev–Trinajstić information content (AvgIpc) is 2.57. The summed E-state index contributed by atoms with van der Waals surface area (Å²) in [5, 5.41) is 3.92. The predicted octanol–water partition coefficient (Wildman–Crippen LogP) is 2.25. The fourth-order valence-corrected chi connectivity index (χ4v) is 1.77. The molecule has 0 aliphatic rings. The second kappa shape index (κ2) is 7.78. The van der Waals surface area contributed by atoms with Crippen molar-refractivity contribution in [3.05, 3.63) is 53.9 Å². The summed E-state index contributed by atoms with van der Waals surface area (Å²) in [6, 6.07) is 8.76. The molecule has 0 spiro atoms. The van der Waals surface area contributed by atoms with Gasteiger partial charge in [0.15, 0.2) is 11.5 Å². The molecule has 22 heavy (non-hydrogen) atoms. The number of hydrogen-bond acceptors (Lipinski definition) is 5. The molecule has 2 rings (SSSR count). The van der Waals surface area contributed by atoms with Crippen LogP contribution in [0.3, 0.4) is 0 Å². The first-order chi connectivity index (χ1) is 10.7. The van der Waals surface area contributed by atoms with Gasteiger partial charge in [-0.15, -0.1) is 0 Å². The number of aromatic nitrogens is 1. The van der Waals surface area contributed by atoms with Gasteiger partial charge in [0.2, 0.25) is 0 Å². The lowest BCUT2D eigenvalue weighted by molar-refractivity contribution is 0.0955. The highest BCUT2D eigenvalue weighted by atomic mass is 16.5. The molecule has 0 radical (unpaired) electrons. The smallest absolute Gasteiger partial charge is 0.272 e. The second-order valence-electron chi connectivity index (χ2n) is 4.28. The Hall–Kier alpha value is -2.89. The van der Waals surface area contributed by atoms with Crippen molar-refractivity contribution in [3.63, 3.8) is 0 Å². The molecule has 1 heterocycles. The Morgan fingerprint density at radius 3 is 2.91 bits per heavy atom. The first kappa shape index (κ1) is 15.5. The van der Waals surface area contributed by atoms with E-state index in [0.29, 0.717) is 23.7 Å². The van der Waals surface area contributed by atoms with E-state index in [1.807, 2.05) is 13.0 Å². The molecule has 1 aromatic carbocycles. The number of carbonyl (C=O) groups is 1. The quantitative estimate of drug-likeness (QED) is 0.656. The number of carbonyl (C=O) groups excluding carboxylic acids is 1. The minimum atomic E-state index is -0.317. The van der Waals surface area contributed by atoms with E-state index in [1.54, 1.807) is 37.6 Å². The van der Waals surface area contributed by atoms with Gasteiger partial charge in [0.25, 0.3) is 5.91 Å². The number of nitrogens with one attached hydrogen (secondary N) is 1. The molecule has 0 unspecified atom stereocenters. The van der Waals surface area contributed by atoms with E-state index in [4.69, 9.17) is 9.47 Å². The fourth-order valence-electron chi connectivity index (χ4n) is 1.77. The van der Waals surface area contributed by atoms with Crippen molar-refractivity contribution in [2.45, 2.75) is 6.92 Å². The molecule has 1 aromatic heterocycles. The number of hydrazone groups is 1. The Morgan fingerprint density at radius 1 is 1.36 bits per heavy atom. The van der Waals surface area contributed by atoms with Crippen LogP contribution in [0.4, 0.5) is 0 Å². The third-order valence-corrected chi connectivity index (χ3v) is 2.79. The van der Waals surface area contributed by atoms with Crippen molar-refractivity contribution in [1.29, 1.82) is 0 Å². The van der Waals surface area contributed by atoms with Gasteiger partial charge in [-0.05, 0) is 42.8 Å². The number of pyridine rings is 1. The maximum atomic E-state index is 11.8. The van der Waals surface area contributed by atoms with Crippen molar-refractivity contribution < 1.29 is 14.3 Å². The van der Waals surface area contributed by atoms with Crippen LogP contribution in [0.1, 0.15) is 22.8 Å². The molecule has 2 aromatic rings. The summed E-state index contributed by atoms with van der Waals surface area (Å²) >= 11 is 0. The van der Waals surface area contributed by atoms with E-state index in [2.05, 4.69) is 15.5 Å². The molecule has 1 amide bonds. The predicted molar refractivity (Wildman–Crippen MR) is 83.5 cm³/mol. The van der Waals surface area contributed by atoms with Crippen LogP contribution in [0.15, 0.2) is 47.8 Å². The van der Waals surface area contributed by atoms with Crippen molar-refractivity contribution in [2.24, 2.45) is 5.10 Å². The number of hydrogen-bond donors (Lipinski definition) is 1. The molecule has 0 aliphatic carbocycles. The van der Waals surface area contributed by atoms with Gasteiger partial charge in [-0.2, -0.15) is 5.10 Å². The van der Waals surface area contributed by atoms with Crippen molar-refractivity contribution in [2.75, 3.05) is 13.7 Å². The summed E-state index contributed by atoms with van der Waals surface area (Å²) in [5.41, 5.74) is 3.68. The lowest BCUT2D eigenvalue weighted by Gasteiger charge is -2.09. The SMILES string of the molecule is CCOc1ccc(/C=N\NC(=O)c2cccnc2)cc1OC. The molecule has 0 saturated heterocycles. The first-order valence-corrected chi connectivity index (χ1v) is 6.79. The average molecular weight is 299 g/mol. The zero-order valence-corrected chi connectivity index (χ0v) is 12.4. The number of methoxy groups -OCH3 is 1. The van der Waals surface area contributed by atoms with E-state index >= 15 is 0 Å². The van der Waals surface area contributed by atoms with Gasteiger partial charge in [0, 0.05) is 12.4 Å². The molecule has 0 saturated carbocycles. The molecule has 6 heteroatoms. The number of rotatable bonds is 6. The molecule has 0 fully saturated rings. The molecule has 1 N–H and O–H groups in total. The van der Waals surface area contributed by atoms with Crippen molar-refractivity contribution in [3.8, 4) is 11.5 Å². The van der Waals surface area contributed by atoms with Crippen LogP contribution in [0, 0.1) is 0 Å². The van der Waals surface area contributed by atoms with Crippen LogP contribution in [0.5, 0.6) is 11.5 Å². The molecular weight excluding hydrogens is 282 g/mol. The molecule has 0 aliphatic heterocycles.